The summed E-state index contributed by atoms with van der Waals surface area (Å²) in [7, 11) is -3.54. The van der Waals surface area contributed by atoms with E-state index in [1.54, 1.807) is 6.07 Å². The Labute approximate surface area is 122 Å². The molecule has 1 heterocycles. The van der Waals surface area contributed by atoms with Crippen LogP contribution < -0.4 is 10.5 Å². The summed E-state index contributed by atoms with van der Waals surface area (Å²) < 4.78 is 27.3. The highest BCUT2D eigenvalue weighted by Crippen LogP contribution is 2.12. The molecule has 0 saturated carbocycles. The van der Waals surface area contributed by atoms with Gasteiger partial charge in [0.15, 0.2) is 5.03 Å². The van der Waals surface area contributed by atoms with E-state index in [4.69, 9.17) is 5.73 Å². The Kier molecular flexibility index (Phi) is 7.12. The lowest BCUT2D eigenvalue weighted by Gasteiger charge is -2.17. The number of sulfonamides is 1. The lowest BCUT2D eigenvalue weighted by atomic mass is 10.1. The second-order valence-corrected chi connectivity index (χ2v) is 6.62. The number of rotatable bonds is 9. The Bertz CT molecular complexity index is 486. The second kappa shape index (κ2) is 8.34. The lowest BCUT2D eigenvalue weighted by Crippen LogP contribution is -2.35. The Morgan fingerprint density at radius 2 is 2.00 bits per heavy atom. The van der Waals surface area contributed by atoms with Gasteiger partial charge in [-0.05, 0) is 24.5 Å². The van der Waals surface area contributed by atoms with Gasteiger partial charge >= 0.3 is 0 Å². The molecule has 0 aliphatic rings. The zero-order valence-electron chi connectivity index (χ0n) is 12.3. The molecule has 20 heavy (non-hydrogen) atoms. The fraction of sp³-hybridized carbons (Fsp3) is 0.643. The van der Waals surface area contributed by atoms with E-state index in [-0.39, 0.29) is 11.1 Å². The third kappa shape index (κ3) is 5.19. The summed E-state index contributed by atoms with van der Waals surface area (Å²) in [4.78, 5) is 3.98. The maximum atomic E-state index is 12.3. The highest BCUT2D eigenvalue weighted by molar-refractivity contribution is 7.89. The molecule has 3 N–H and O–H groups in total. The molecule has 0 bridgehead atoms. The lowest BCUT2D eigenvalue weighted by molar-refractivity contribution is 0.482. The number of hydrogen-bond donors (Lipinski definition) is 2. The number of aromatic nitrogens is 1. The van der Waals surface area contributed by atoms with Crippen molar-refractivity contribution in [3.05, 3.63) is 23.9 Å². The van der Waals surface area contributed by atoms with Crippen molar-refractivity contribution in [2.45, 2.75) is 63.6 Å². The average molecular weight is 299 g/mol. The number of nitrogens with two attached hydrogens (primary N) is 1. The Morgan fingerprint density at radius 3 is 2.50 bits per heavy atom. The molecule has 6 heteroatoms. The van der Waals surface area contributed by atoms with Gasteiger partial charge in [0.1, 0.15) is 0 Å². The first kappa shape index (κ1) is 17.1. The summed E-state index contributed by atoms with van der Waals surface area (Å²) in [5.41, 5.74) is 6.30. The van der Waals surface area contributed by atoms with Gasteiger partial charge < -0.3 is 5.73 Å². The van der Waals surface area contributed by atoms with Crippen LogP contribution in [-0.4, -0.2) is 19.4 Å². The minimum Gasteiger partial charge on any atom is -0.326 e. The van der Waals surface area contributed by atoms with Gasteiger partial charge in [0.05, 0.1) is 0 Å². The molecule has 1 atom stereocenters. The first-order chi connectivity index (χ1) is 9.53. The molecule has 1 rings (SSSR count). The van der Waals surface area contributed by atoms with Crippen molar-refractivity contribution < 1.29 is 8.42 Å². The van der Waals surface area contributed by atoms with Crippen molar-refractivity contribution in [1.29, 1.82) is 0 Å². The van der Waals surface area contributed by atoms with Crippen LogP contribution in [0.4, 0.5) is 0 Å². The van der Waals surface area contributed by atoms with Crippen LogP contribution in [-0.2, 0) is 16.6 Å². The first-order valence-electron chi connectivity index (χ1n) is 7.20. The Hall–Kier alpha value is -0.980. The number of nitrogens with one attached hydrogen (secondary N) is 1. The van der Waals surface area contributed by atoms with Gasteiger partial charge in [0, 0.05) is 18.8 Å². The molecule has 114 valence electrons. The highest BCUT2D eigenvalue weighted by atomic mass is 32.2. The molecular weight excluding hydrogens is 274 g/mol. The van der Waals surface area contributed by atoms with E-state index in [9.17, 15) is 8.42 Å². The van der Waals surface area contributed by atoms with Gasteiger partial charge in [-0.2, -0.15) is 0 Å². The summed E-state index contributed by atoms with van der Waals surface area (Å²) in [5, 5.41) is 0.0623. The molecule has 0 amide bonds. The Balaban J connectivity index is 2.79. The van der Waals surface area contributed by atoms with Crippen LogP contribution in [0.5, 0.6) is 0 Å². The molecule has 1 aromatic rings. The van der Waals surface area contributed by atoms with E-state index in [0.717, 1.165) is 37.7 Å². The third-order valence-electron chi connectivity index (χ3n) is 3.17. The minimum atomic E-state index is -3.54. The fourth-order valence-electron chi connectivity index (χ4n) is 2.03. The Morgan fingerprint density at radius 1 is 1.25 bits per heavy atom. The zero-order chi connectivity index (χ0) is 15.0. The summed E-state index contributed by atoms with van der Waals surface area (Å²) in [5.74, 6) is 0. The summed E-state index contributed by atoms with van der Waals surface area (Å²) >= 11 is 0. The van der Waals surface area contributed by atoms with Crippen LogP contribution in [0.15, 0.2) is 23.4 Å². The van der Waals surface area contributed by atoms with E-state index in [2.05, 4.69) is 23.6 Å². The molecule has 1 unspecified atom stereocenters. The third-order valence-corrected chi connectivity index (χ3v) is 4.61. The molecule has 5 nitrogen and oxygen atoms in total. The quantitative estimate of drug-likeness (QED) is 0.732. The van der Waals surface area contributed by atoms with Gasteiger partial charge in [-0.15, -0.1) is 0 Å². The standard InChI is InChI=1S/C14H25N3O2S/c1-3-5-7-13(6-4-2)17-20(18,19)14-9-8-12(10-15)11-16-14/h8-9,11,13,17H,3-7,10,15H2,1-2H3. The first-order valence-corrected chi connectivity index (χ1v) is 8.69. The van der Waals surface area contributed by atoms with Crippen LogP contribution in [0.25, 0.3) is 0 Å². The fourth-order valence-corrected chi connectivity index (χ4v) is 3.27. The van der Waals surface area contributed by atoms with Crippen molar-refractivity contribution in [3.8, 4) is 0 Å². The van der Waals surface area contributed by atoms with E-state index >= 15 is 0 Å². The largest absolute Gasteiger partial charge is 0.326 e. The zero-order valence-corrected chi connectivity index (χ0v) is 13.1. The van der Waals surface area contributed by atoms with Gasteiger partial charge in [0.25, 0.3) is 10.0 Å². The predicted octanol–water partition coefficient (Wildman–Crippen LogP) is 2.18. The van der Waals surface area contributed by atoms with E-state index < -0.39 is 10.0 Å². The van der Waals surface area contributed by atoms with E-state index in [1.807, 2.05) is 0 Å². The molecule has 0 aromatic carbocycles. The van der Waals surface area contributed by atoms with Crippen molar-refractivity contribution in [2.75, 3.05) is 0 Å². The van der Waals surface area contributed by atoms with Crippen LogP contribution in [0.2, 0.25) is 0 Å². The van der Waals surface area contributed by atoms with E-state index in [0.29, 0.717) is 6.54 Å². The molecule has 0 fully saturated rings. The molecule has 0 aliphatic heterocycles. The van der Waals surface area contributed by atoms with Crippen LogP contribution in [0.1, 0.15) is 51.5 Å². The van der Waals surface area contributed by atoms with Gasteiger partial charge in [-0.3, -0.25) is 0 Å². The molecular formula is C14H25N3O2S. The summed E-state index contributed by atoms with van der Waals surface area (Å²) in [6.45, 7) is 4.52. The number of nitrogens with zero attached hydrogens (tertiary/aromatic N) is 1. The molecule has 0 saturated heterocycles. The van der Waals surface area contributed by atoms with Crippen LogP contribution in [0, 0.1) is 0 Å². The topological polar surface area (TPSA) is 85.1 Å². The van der Waals surface area contributed by atoms with Crippen LogP contribution in [0.3, 0.4) is 0 Å². The molecule has 0 radical (unpaired) electrons. The van der Waals surface area contributed by atoms with Crippen LogP contribution >= 0.6 is 0 Å². The van der Waals surface area contributed by atoms with Gasteiger partial charge in [-0.25, -0.2) is 18.1 Å². The number of unbranched alkanes of at least 4 members (excludes halogenated alkanes) is 1. The average Bonchev–Trinajstić information content (AvgIpc) is 2.45. The predicted molar refractivity (Wildman–Crippen MR) is 80.7 cm³/mol. The number of pyridine rings is 1. The van der Waals surface area contributed by atoms with E-state index in [1.165, 1.54) is 12.3 Å². The van der Waals surface area contributed by atoms with Gasteiger partial charge in [0.2, 0.25) is 0 Å². The second-order valence-electron chi connectivity index (χ2n) is 4.96. The minimum absolute atomic E-state index is 0.0130. The maximum Gasteiger partial charge on any atom is 0.258 e. The normalized spacial score (nSPS) is 13.3. The van der Waals surface area contributed by atoms with Crippen molar-refractivity contribution in [1.82, 2.24) is 9.71 Å². The molecule has 0 spiro atoms. The smallest absolute Gasteiger partial charge is 0.258 e. The highest BCUT2D eigenvalue weighted by Gasteiger charge is 2.20. The maximum absolute atomic E-state index is 12.3. The van der Waals surface area contributed by atoms with Crippen molar-refractivity contribution in [3.63, 3.8) is 0 Å². The van der Waals surface area contributed by atoms with Crippen molar-refractivity contribution >= 4 is 10.0 Å². The monoisotopic (exact) mass is 299 g/mol. The van der Waals surface area contributed by atoms with Gasteiger partial charge in [-0.1, -0.05) is 39.2 Å². The molecule has 1 aromatic heterocycles. The summed E-state index contributed by atoms with van der Waals surface area (Å²) in [6, 6.07) is 3.19. The SMILES string of the molecule is CCCCC(CCC)NS(=O)(=O)c1ccc(CN)cn1. The number of hydrogen-bond acceptors (Lipinski definition) is 4. The summed E-state index contributed by atoms with van der Waals surface area (Å²) in [6.07, 6.45) is 6.26. The van der Waals surface area contributed by atoms with Crippen molar-refractivity contribution in [2.24, 2.45) is 5.73 Å². The molecule has 0 aliphatic carbocycles.